The molecule has 0 heterocycles. The minimum absolute atomic E-state index is 0.0452. The summed E-state index contributed by atoms with van der Waals surface area (Å²) in [6.07, 6.45) is 10.0. The maximum absolute atomic E-state index is 14.4. The zero-order chi connectivity index (χ0) is 23.3. The Morgan fingerprint density at radius 3 is 2.75 bits per heavy atom. The molecular weight excluding hydrogens is 446 g/mol. The lowest BCUT2D eigenvalue weighted by molar-refractivity contribution is 0.0374. The summed E-state index contributed by atoms with van der Waals surface area (Å²) in [7, 11) is 1.65. The van der Waals surface area contributed by atoms with E-state index in [1.165, 1.54) is 0 Å². The van der Waals surface area contributed by atoms with E-state index in [0.717, 1.165) is 44.1 Å². The maximum Gasteiger partial charge on any atom is 0.251 e. The van der Waals surface area contributed by atoms with E-state index < -0.39 is 6.17 Å². The highest BCUT2D eigenvalue weighted by Crippen LogP contribution is 2.48. The largest absolute Gasteiger partial charge is 0.349 e. The molecule has 3 rings (SSSR count). The number of carbonyl (C=O) groups excluding carboxylic acids is 1. The molecular formula is C26H35Cl2FN2O. The van der Waals surface area contributed by atoms with Gasteiger partial charge >= 0.3 is 0 Å². The van der Waals surface area contributed by atoms with Gasteiger partial charge in [-0.2, -0.15) is 0 Å². The second kappa shape index (κ2) is 11.2. The summed E-state index contributed by atoms with van der Waals surface area (Å²) >= 11 is 12.5. The predicted molar refractivity (Wildman–Crippen MR) is 134 cm³/mol. The van der Waals surface area contributed by atoms with Gasteiger partial charge in [0.15, 0.2) is 0 Å². The van der Waals surface area contributed by atoms with Crippen molar-refractivity contribution in [2.75, 3.05) is 7.05 Å². The van der Waals surface area contributed by atoms with Gasteiger partial charge in [-0.05, 0) is 73.1 Å². The fraction of sp³-hybridized carbons (Fsp3) is 0.615. The minimum Gasteiger partial charge on any atom is -0.349 e. The molecule has 2 aliphatic carbocycles. The van der Waals surface area contributed by atoms with Crippen molar-refractivity contribution in [1.82, 2.24) is 5.32 Å². The van der Waals surface area contributed by atoms with Gasteiger partial charge in [0.05, 0.1) is 5.03 Å². The maximum atomic E-state index is 14.4. The van der Waals surface area contributed by atoms with Crippen LogP contribution < -0.4 is 5.32 Å². The predicted octanol–water partition coefficient (Wildman–Crippen LogP) is 7.46. The second-order valence-corrected chi connectivity index (χ2v) is 10.8. The molecule has 0 radical (unpaired) electrons. The first-order chi connectivity index (χ1) is 15.2. The Hall–Kier alpha value is -1.39. The molecule has 1 N–H and O–H groups in total. The van der Waals surface area contributed by atoms with Gasteiger partial charge in [-0.1, -0.05) is 62.4 Å². The van der Waals surface area contributed by atoms with Gasteiger partial charge in [0.2, 0.25) is 0 Å². The molecule has 2 saturated carbocycles. The first-order valence-electron chi connectivity index (χ1n) is 11.8. The van der Waals surface area contributed by atoms with Crippen molar-refractivity contribution in [3.63, 3.8) is 0 Å². The number of nitrogens with one attached hydrogen (secondary N) is 1. The molecule has 0 aromatic heterocycles. The van der Waals surface area contributed by atoms with Gasteiger partial charge in [-0.15, -0.1) is 0 Å². The monoisotopic (exact) mass is 480 g/mol. The van der Waals surface area contributed by atoms with E-state index in [2.05, 4.69) is 24.2 Å². The lowest BCUT2D eigenvalue weighted by atomic mass is 9.63. The van der Waals surface area contributed by atoms with Crippen LogP contribution in [0.4, 0.5) is 4.39 Å². The van der Waals surface area contributed by atoms with Crippen molar-refractivity contribution < 1.29 is 9.18 Å². The van der Waals surface area contributed by atoms with Crippen LogP contribution >= 0.6 is 23.2 Å². The normalized spacial score (nSPS) is 32.0. The van der Waals surface area contributed by atoms with E-state index in [-0.39, 0.29) is 17.4 Å². The van der Waals surface area contributed by atoms with Crippen molar-refractivity contribution in [3.05, 3.63) is 39.4 Å². The van der Waals surface area contributed by atoms with E-state index in [1.54, 1.807) is 37.5 Å². The van der Waals surface area contributed by atoms with Crippen LogP contribution in [0.15, 0.2) is 28.2 Å². The average molecular weight is 481 g/mol. The molecule has 0 bridgehead atoms. The van der Waals surface area contributed by atoms with Gasteiger partial charge in [0.1, 0.15) is 6.17 Å². The number of rotatable bonds is 5. The van der Waals surface area contributed by atoms with Gasteiger partial charge in [0, 0.05) is 29.9 Å². The molecule has 1 aromatic carbocycles. The molecule has 6 heteroatoms. The third kappa shape index (κ3) is 6.35. The number of amides is 1. The fourth-order valence-corrected chi connectivity index (χ4v) is 6.17. The Bertz CT molecular complexity index is 871. The molecule has 3 nitrogen and oxygen atoms in total. The number of aliphatic imine (C=N–C) groups is 1. The van der Waals surface area contributed by atoms with Crippen LogP contribution in [0.25, 0.3) is 6.08 Å². The van der Waals surface area contributed by atoms with E-state index in [9.17, 15) is 9.18 Å². The molecule has 0 spiro atoms. The smallest absolute Gasteiger partial charge is 0.251 e. The average Bonchev–Trinajstić information content (AvgIpc) is 2.90. The summed E-state index contributed by atoms with van der Waals surface area (Å²) in [6.45, 7) is 4.49. The van der Waals surface area contributed by atoms with Crippen LogP contribution in [-0.4, -0.2) is 31.4 Å². The van der Waals surface area contributed by atoms with Crippen molar-refractivity contribution >= 4 is 41.4 Å². The molecule has 2 fully saturated rings. The van der Waals surface area contributed by atoms with Crippen LogP contribution in [0.5, 0.6) is 0 Å². The summed E-state index contributed by atoms with van der Waals surface area (Å²) in [5, 5.41) is 4.25. The molecule has 2 unspecified atom stereocenters. The van der Waals surface area contributed by atoms with Crippen LogP contribution in [0, 0.1) is 17.3 Å². The highest BCUT2D eigenvalue weighted by atomic mass is 35.5. The Labute approximate surface area is 201 Å². The number of benzene rings is 1. The lowest BCUT2D eigenvalue weighted by Crippen LogP contribution is -2.48. The molecule has 0 saturated heterocycles. The summed E-state index contributed by atoms with van der Waals surface area (Å²) in [6, 6.07) is 5.30. The molecule has 1 aromatic rings. The van der Waals surface area contributed by atoms with Crippen molar-refractivity contribution in [2.45, 2.75) is 77.4 Å². The molecule has 0 aliphatic heterocycles. The zero-order valence-electron chi connectivity index (χ0n) is 19.3. The topological polar surface area (TPSA) is 41.5 Å². The number of allylic oxidation sites excluding steroid dienone is 1. The lowest BCUT2D eigenvalue weighted by Gasteiger charge is -2.45. The van der Waals surface area contributed by atoms with Crippen LogP contribution in [0.3, 0.4) is 0 Å². The zero-order valence-corrected chi connectivity index (χ0v) is 20.9. The number of halogens is 3. The van der Waals surface area contributed by atoms with E-state index in [4.69, 9.17) is 23.2 Å². The first-order valence-corrected chi connectivity index (χ1v) is 12.5. The number of hydrogen-bond donors (Lipinski definition) is 1. The first kappa shape index (κ1) is 25.2. The van der Waals surface area contributed by atoms with Crippen molar-refractivity contribution in [2.24, 2.45) is 22.2 Å². The van der Waals surface area contributed by atoms with Crippen LogP contribution in [-0.2, 0) is 0 Å². The Morgan fingerprint density at radius 1 is 1.28 bits per heavy atom. The van der Waals surface area contributed by atoms with Gasteiger partial charge < -0.3 is 5.32 Å². The Kier molecular flexibility index (Phi) is 8.80. The quantitative estimate of drug-likeness (QED) is 0.344. The third-order valence-electron chi connectivity index (χ3n) is 7.33. The molecule has 176 valence electrons. The van der Waals surface area contributed by atoms with Gasteiger partial charge in [-0.3, -0.25) is 9.79 Å². The number of nitrogens with zero attached hydrogens (tertiary/aromatic N) is 1. The SMILES string of the molecule is C/N=C\C(Cl)=C\c1ccc(C(=O)N[C@@H]2C[C@@H](C)CCC[C@H]2C2(C)CCCC(F)C2)cc1Cl. The summed E-state index contributed by atoms with van der Waals surface area (Å²) in [5.74, 6) is 0.709. The van der Waals surface area contributed by atoms with E-state index in [1.807, 2.05) is 0 Å². The molecule has 1 amide bonds. The molecule has 5 atom stereocenters. The summed E-state index contributed by atoms with van der Waals surface area (Å²) < 4.78 is 14.4. The van der Waals surface area contributed by atoms with Crippen LogP contribution in [0.1, 0.15) is 81.1 Å². The minimum atomic E-state index is -0.727. The molecule has 32 heavy (non-hydrogen) atoms. The third-order valence-corrected chi connectivity index (χ3v) is 7.86. The van der Waals surface area contributed by atoms with Crippen molar-refractivity contribution in [3.8, 4) is 0 Å². The number of hydrogen-bond acceptors (Lipinski definition) is 2. The van der Waals surface area contributed by atoms with Gasteiger partial charge in [0.25, 0.3) is 5.91 Å². The highest BCUT2D eigenvalue weighted by molar-refractivity contribution is 6.42. The number of carbonyl (C=O) groups is 1. The van der Waals surface area contributed by atoms with E-state index >= 15 is 0 Å². The Balaban J connectivity index is 1.80. The fourth-order valence-electron chi connectivity index (χ4n) is 5.72. The Morgan fingerprint density at radius 2 is 2.06 bits per heavy atom. The second-order valence-electron chi connectivity index (χ2n) is 9.96. The summed E-state index contributed by atoms with van der Waals surface area (Å²) in [4.78, 5) is 17.1. The molecule has 2 aliphatic rings. The van der Waals surface area contributed by atoms with E-state index in [0.29, 0.717) is 40.3 Å². The van der Waals surface area contributed by atoms with Crippen LogP contribution in [0.2, 0.25) is 5.02 Å². The standard InChI is InChI=1S/C26H35Cl2FN2O/c1-17-6-4-8-22(26(2)11-5-7-21(29)15-26)24(12-17)31-25(32)19-10-9-18(23(28)14-19)13-20(27)16-30-3/h9-10,13-14,16-17,21-22,24H,4-8,11-12,15H2,1-3H3,(H,31,32)/b20-13-,30-16-/t17-,21?,22+,24+,26?/m0/s1. The summed E-state index contributed by atoms with van der Waals surface area (Å²) in [5.41, 5.74) is 1.20. The highest BCUT2D eigenvalue weighted by Gasteiger charge is 2.44. The number of alkyl halides is 1. The van der Waals surface area contributed by atoms with Crippen molar-refractivity contribution in [1.29, 1.82) is 0 Å². The van der Waals surface area contributed by atoms with Gasteiger partial charge in [-0.25, -0.2) is 4.39 Å².